The number of nitrogens with zero attached hydrogens (tertiary/aromatic N) is 1. The van der Waals surface area contributed by atoms with Crippen LogP contribution < -0.4 is 10.6 Å². The van der Waals surface area contributed by atoms with Crippen LogP contribution in [0.25, 0.3) is 0 Å². The molecule has 1 aromatic carbocycles. The van der Waals surface area contributed by atoms with E-state index in [-0.39, 0.29) is 23.8 Å². The highest BCUT2D eigenvalue weighted by Crippen LogP contribution is 2.28. The van der Waals surface area contributed by atoms with E-state index in [4.69, 9.17) is 16.3 Å². The van der Waals surface area contributed by atoms with Gasteiger partial charge in [0, 0.05) is 31.6 Å². The lowest BCUT2D eigenvalue weighted by Crippen LogP contribution is -2.52. The highest BCUT2D eigenvalue weighted by molar-refractivity contribution is 6.30. The van der Waals surface area contributed by atoms with Crippen molar-refractivity contribution in [2.24, 2.45) is 5.92 Å². The molecule has 0 spiro atoms. The number of amides is 2. The summed E-state index contributed by atoms with van der Waals surface area (Å²) in [5.74, 6) is -0.0231. The van der Waals surface area contributed by atoms with E-state index >= 15 is 0 Å². The number of carbonyl (C=O) groups is 2. The first-order chi connectivity index (χ1) is 13.5. The second-order valence-corrected chi connectivity index (χ2v) is 8.12. The molecule has 2 N–H and O–H groups in total. The predicted molar refractivity (Wildman–Crippen MR) is 109 cm³/mol. The van der Waals surface area contributed by atoms with E-state index in [0.29, 0.717) is 24.8 Å². The van der Waals surface area contributed by atoms with Crippen molar-refractivity contribution in [3.63, 3.8) is 0 Å². The van der Waals surface area contributed by atoms with Crippen molar-refractivity contribution < 1.29 is 14.3 Å². The monoisotopic (exact) mass is 407 g/mol. The quantitative estimate of drug-likeness (QED) is 0.728. The predicted octanol–water partition coefficient (Wildman–Crippen LogP) is 2.52. The molecule has 2 aliphatic rings. The largest absolute Gasteiger partial charge is 0.379 e. The van der Waals surface area contributed by atoms with Crippen LogP contribution in [0.5, 0.6) is 0 Å². The van der Waals surface area contributed by atoms with E-state index < -0.39 is 6.04 Å². The number of rotatable bonds is 7. The summed E-state index contributed by atoms with van der Waals surface area (Å²) < 4.78 is 5.48. The Morgan fingerprint density at radius 1 is 1.18 bits per heavy atom. The number of morpholine rings is 1. The van der Waals surface area contributed by atoms with Crippen molar-refractivity contribution in [2.45, 2.75) is 44.7 Å². The molecule has 154 valence electrons. The molecule has 1 saturated heterocycles. The Kier molecular flexibility index (Phi) is 7.71. The van der Waals surface area contributed by atoms with Gasteiger partial charge in [-0.15, -0.1) is 0 Å². The van der Waals surface area contributed by atoms with Gasteiger partial charge >= 0.3 is 0 Å². The number of carbonyl (C=O) groups excluding carboxylic acids is 2. The molecule has 0 bridgehead atoms. The molecule has 7 heteroatoms. The molecule has 2 unspecified atom stereocenters. The standard InChI is InChI=1S/C21H30ClN3O3/c1-15(26)24-20(17-4-2-3-5-17)21(27)23-14-19(25-10-12-28-13-11-25)16-6-8-18(22)9-7-16/h6-9,17,19-20H,2-5,10-14H2,1H3,(H,23,27)(H,24,26). The third kappa shape index (κ3) is 5.69. The smallest absolute Gasteiger partial charge is 0.242 e. The molecular formula is C21H30ClN3O3. The molecule has 1 heterocycles. The lowest BCUT2D eigenvalue weighted by atomic mass is 9.96. The number of ether oxygens (including phenoxy) is 1. The summed E-state index contributed by atoms with van der Waals surface area (Å²) in [5, 5.41) is 6.67. The van der Waals surface area contributed by atoms with Crippen molar-refractivity contribution in [1.29, 1.82) is 0 Å². The van der Waals surface area contributed by atoms with Crippen LogP contribution in [0, 0.1) is 5.92 Å². The van der Waals surface area contributed by atoms with Gasteiger partial charge in [-0.25, -0.2) is 0 Å². The van der Waals surface area contributed by atoms with E-state index in [2.05, 4.69) is 15.5 Å². The topological polar surface area (TPSA) is 70.7 Å². The second-order valence-electron chi connectivity index (χ2n) is 7.68. The summed E-state index contributed by atoms with van der Waals surface area (Å²) in [6.07, 6.45) is 4.22. The lowest BCUT2D eigenvalue weighted by molar-refractivity contribution is -0.129. The Hall–Kier alpha value is -1.63. The Bertz CT molecular complexity index is 655. The summed E-state index contributed by atoms with van der Waals surface area (Å²) in [6, 6.07) is 7.38. The molecule has 3 rings (SSSR count). The van der Waals surface area contributed by atoms with E-state index in [9.17, 15) is 9.59 Å². The Labute approximate surface area is 171 Å². The Balaban J connectivity index is 1.69. The van der Waals surface area contributed by atoms with Crippen molar-refractivity contribution in [3.05, 3.63) is 34.9 Å². The molecule has 6 nitrogen and oxygen atoms in total. The maximum atomic E-state index is 12.9. The minimum absolute atomic E-state index is 0.0478. The molecule has 28 heavy (non-hydrogen) atoms. The maximum absolute atomic E-state index is 12.9. The Morgan fingerprint density at radius 2 is 1.82 bits per heavy atom. The van der Waals surface area contributed by atoms with Crippen LogP contribution in [0.15, 0.2) is 24.3 Å². The van der Waals surface area contributed by atoms with Crippen molar-refractivity contribution >= 4 is 23.4 Å². The molecule has 0 aromatic heterocycles. The fourth-order valence-corrected chi connectivity index (χ4v) is 4.37. The summed E-state index contributed by atoms with van der Waals surface area (Å²) >= 11 is 6.05. The summed E-state index contributed by atoms with van der Waals surface area (Å²) in [6.45, 7) is 4.98. The molecule has 1 aliphatic heterocycles. The fraction of sp³-hybridized carbons (Fsp3) is 0.619. The van der Waals surface area contributed by atoms with Crippen LogP contribution in [0.1, 0.15) is 44.2 Å². The number of nitrogens with one attached hydrogen (secondary N) is 2. The van der Waals surface area contributed by atoms with Gasteiger partial charge in [-0.1, -0.05) is 36.6 Å². The van der Waals surface area contributed by atoms with Crippen LogP contribution in [0.4, 0.5) is 0 Å². The first kappa shape index (κ1) is 21.1. The van der Waals surface area contributed by atoms with Crippen LogP contribution >= 0.6 is 11.6 Å². The SMILES string of the molecule is CC(=O)NC(C(=O)NCC(c1ccc(Cl)cc1)N1CCOCC1)C1CCCC1. The highest BCUT2D eigenvalue weighted by Gasteiger charge is 2.32. The number of hydrogen-bond acceptors (Lipinski definition) is 4. The third-order valence-electron chi connectivity index (χ3n) is 5.72. The first-order valence-electron chi connectivity index (χ1n) is 10.2. The van der Waals surface area contributed by atoms with Gasteiger partial charge in [0.1, 0.15) is 6.04 Å². The number of benzene rings is 1. The minimum Gasteiger partial charge on any atom is -0.379 e. The maximum Gasteiger partial charge on any atom is 0.242 e. The van der Waals surface area contributed by atoms with Gasteiger partial charge in [0.05, 0.1) is 19.3 Å². The Morgan fingerprint density at radius 3 is 2.43 bits per heavy atom. The number of hydrogen-bond donors (Lipinski definition) is 2. The normalized spacial score (nSPS) is 20.5. The zero-order valence-corrected chi connectivity index (χ0v) is 17.2. The molecule has 0 radical (unpaired) electrons. The summed E-state index contributed by atoms with van der Waals surface area (Å²) in [5.41, 5.74) is 1.11. The van der Waals surface area contributed by atoms with Crippen LogP contribution in [-0.2, 0) is 14.3 Å². The van der Waals surface area contributed by atoms with Crippen molar-refractivity contribution in [3.8, 4) is 0 Å². The first-order valence-corrected chi connectivity index (χ1v) is 10.5. The van der Waals surface area contributed by atoms with E-state index in [1.165, 1.54) is 6.92 Å². The summed E-state index contributed by atoms with van der Waals surface area (Å²) in [7, 11) is 0. The van der Waals surface area contributed by atoms with Gasteiger partial charge in [-0.3, -0.25) is 14.5 Å². The summed E-state index contributed by atoms with van der Waals surface area (Å²) in [4.78, 5) is 26.9. The van der Waals surface area contributed by atoms with Crippen LogP contribution in [0.2, 0.25) is 5.02 Å². The zero-order chi connectivity index (χ0) is 19.9. The van der Waals surface area contributed by atoms with E-state index in [1.54, 1.807) is 0 Å². The van der Waals surface area contributed by atoms with E-state index in [1.807, 2.05) is 24.3 Å². The van der Waals surface area contributed by atoms with Gasteiger partial charge in [0.15, 0.2) is 0 Å². The average molecular weight is 408 g/mol. The van der Waals surface area contributed by atoms with Gasteiger partial charge in [0.2, 0.25) is 11.8 Å². The van der Waals surface area contributed by atoms with Crippen LogP contribution in [0.3, 0.4) is 0 Å². The molecule has 1 aliphatic carbocycles. The molecular weight excluding hydrogens is 378 g/mol. The van der Waals surface area contributed by atoms with Gasteiger partial charge < -0.3 is 15.4 Å². The lowest BCUT2D eigenvalue weighted by Gasteiger charge is -2.35. The van der Waals surface area contributed by atoms with Gasteiger partial charge in [-0.05, 0) is 36.5 Å². The number of halogens is 1. The molecule has 2 fully saturated rings. The zero-order valence-electron chi connectivity index (χ0n) is 16.5. The molecule has 1 aromatic rings. The molecule has 1 saturated carbocycles. The molecule has 2 atom stereocenters. The van der Waals surface area contributed by atoms with Gasteiger partial charge in [-0.2, -0.15) is 0 Å². The fourth-order valence-electron chi connectivity index (χ4n) is 4.25. The van der Waals surface area contributed by atoms with Crippen molar-refractivity contribution in [2.75, 3.05) is 32.8 Å². The van der Waals surface area contributed by atoms with E-state index in [0.717, 1.165) is 44.3 Å². The third-order valence-corrected chi connectivity index (χ3v) is 5.98. The highest BCUT2D eigenvalue weighted by atomic mass is 35.5. The average Bonchev–Trinajstić information content (AvgIpc) is 3.22. The molecule has 2 amide bonds. The van der Waals surface area contributed by atoms with Gasteiger partial charge in [0.25, 0.3) is 0 Å². The minimum atomic E-state index is -0.449. The second kappa shape index (κ2) is 10.2. The van der Waals surface area contributed by atoms with Crippen LogP contribution in [-0.4, -0.2) is 55.6 Å². The van der Waals surface area contributed by atoms with Crippen molar-refractivity contribution in [1.82, 2.24) is 15.5 Å².